The molecule has 1 N–H and O–H groups in total. The lowest BCUT2D eigenvalue weighted by Crippen LogP contribution is -2.30. The molecule has 2 aromatic rings. The molecular weight excluding hydrogens is 215 g/mol. The van der Waals surface area contributed by atoms with Gasteiger partial charge in [-0.2, -0.15) is 0 Å². The van der Waals surface area contributed by atoms with Crippen molar-refractivity contribution >= 4 is 0 Å². The fraction of sp³-hybridized carbons (Fsp3) is 0.214. The normalized spacial score (nSPS) is 18.8. The summed E-state index contributed by atoms with van der Waals surface area (Å²) >= 11 is 0. The van der Waals surface area contributed by atoms with Crippen molar-refractivity contribution in [1.82, 2.24) is 10.3 Å². The molecule has 1 aliphatic heterocycles. The van der Waals surface area contributed by atoms with Crippen LogP contribution in [0.25, 0.3) is 0 Å². The molecule has 0 amide bonds. The molecule has 86 valence electrons. The number of nitrogens with one attached hydrogen (secondary N) is 1. The number of hydrogen-bond acceptors (Lipinski definition) is 2. The van der Waals surface area contributed by atoms with E-state index in [1.54, 1.807) is 12.1 Å². The fourth-order valence-corrected chi connectivity index (χ4v) is 2.37. The van der Waals surface area contributed by atoms with Gasteiger partial charge in [0.1, 0.15) is 5.82 Å². The first-order chi connectivity index (χ1) is 8.34. The molecule has 1 aromatic carbocycles. The Kier molecular flexibility index (Phi) is 2.61. The third-order valence-corrected chi connectivity index (χ3v) is 3.18. The number of pyridine rings is 1. The van der Waals surface area contributed by atoms with E-state index in [1.165, 1.54) is 11.6 Å². The van der Waals surface area contributed by atoms with Crippen LogP contribution >= 0.6 is 0 Å². The van der Waals surface area contributed by atoms with Crippen molar-refractivity contribution < 1.29 is 4.39 Å². The lowest BCUT2D eigenvalue weighted by Gasteiger charge is -2.26. The summed E-state index contributed by atoms with van der Waals surface area (Å²) in [5.74, 6) is -0.194. The number of rotatable bonds is 1. The minimum atomic E-state index is -0.194. The van der Waals surface area contributed by atoms with Crippen molar-refractivity contribution in [3.8, 4) is 0 Å². The van der Waals surface area contributed by atoms with Gasteiger partial charge in [0.25, 0.3) is 0 Å². The zero-order valence-electron chi connectivity index (χ0n) is 9.36. The van der Waals surface area contributed by atoms with Gasteiger partial charge in [0, 0.05) is 18.9 Å². The zero-order chi connectivity index (χ0) is 11.7. The Labute approximate surface area is 99.5 Å². The van der Waals surface area contributed by atoms with Gasteiger partial charge in [0.05, 0.1) is 6.04 Å². The maximum Gasteiger partial charge on any atom is 0.123 e. The smallest absolute Gasteiger partial charge is 0.123 e. The molecule has 0 bridgehead atoms. The highest BCUT2D eigenvalue weighted by Crippen LogP contribution is 2.27. The van der Waals surface area contributed by atoms with Crippen LogP contribution < -0.4 is 5.32 Å². The molecule has 0 saturated carbocycles. The van der Waals surface area contributed by atoms with Crippen LogP contribution in [0, 0.1) is 5.82 Å². The maximum atomic E-state index is 13.3. The van der Waals surface area contributed by atoms with Crippen LogP contribution in [0.5, 0.6) is 0 Å². The van der Waals surface area contributed by atoms with Crippen molar-refractivity contribution in [3.63, 3.8) is 0 Å². The molecule has 0 aliphatic carbocycles. The second-order valence-electron chi connectivity index (χ2n) is 4.27. The summed E-state index contributed by atoms with van der Waals surface area (Å²) in [6, 6.07) is 8.85. The lowest BCUT2D eigenvalue weighted by molar-refractivity contribution is 0.558. The van der Waals surface area contributed by atoms with E-state index in [2.05, 4.69) is 10.3 Å². The lowest BCUT2D eigenvalue weighted by atomic mass is 9.91. The monoisotopic (exact) mass is 228 g/mol. The molecule has 0 saturated heterocycles. The summed E-state index contributed by atoms with van der Waals surface area (Å²) in [4.78, 5) is 4.16. The van der Waals surface area contributed by atoms with Gasteiger partial charge in [-0.05, 0) is 41.3 Å². The maximum absolute atomic E-state index is 13.3. The van der Waals surface area contributed by atoms with Gasteiger partial charge < -0.3 is 5.32 Å². The Morgan fingerprint density at radius 2 is 2.24 bits per heavy atom. The highest BCUT2D eigenvalue weighted by atomic mass is 19.1. The average molecular weight is 228 g/mol. The number of benzene rings is 1. The highest BCUT2D eigenvalue weighted by molar-refractivity contribution is 5.37. The second kappa shape index (κ2) is 4.26. The van der Waals surface area contributed by atoms with Gasteiger partial charge in [-0.15, -0.1) is 0 Å². The predicted octanol–water partition coefficient (Wildman–Crippen LogP) is 2.46. The van der Waals surface area contributed by atoms with Crippen molar-refractivity contribution in [2.45, 2.75) is 12.5 Å². The van der Waals surface area contributed by atoms with Gasteiger partial charge in [0.2, 0.25) is 0 Å². The van der Waals surface area contributed by atoms with E-state index in [9.17, 15) is 4.39 Å². The summed E-state index contributed by atoms with van der Waals surface area (Å²) in [6.45, 7) is 0.915. The van der Waals surface area contributed by atoms with Crippen LogP contribution in [0.2, 0.25) is 0 Å². The summed E-state index contributed by atoms with van der Waals surface area (Å²) in [7, 11) is 0. The molecule has 2 nitrogen and oxygen atoms in total. The Balaban J connectivity index is 2.06. The largest absolute Gasteiger partial charge is 0.306 e. The van der Waals surface area contributed by atoms with E-state index in [4.69, 9.17) is 0 Å². The number of fused-ring (bicyclic) bond motifs is 1. The third kappa shape index (κ3) is 1.94. The van der Waals surface area contributed by atoms with E-state index in [0.717, 1.165) is 24.1 Å². The standard InChI is InChI=1S/C14H13FN2/c15-12-3-1-2-11(8-12)14-13-9-16-6-4-10(13)5-7-17-14/h1-4,6,8-9,14,17H,5,7H2. The van der Waals surface area contributed by atoms with Crippen LogP contribution in [0.3, 0.4) is 0 Å². The average Bonchev–Trinajstić information content (AvgIpc) is 2.38. The molecule has 1 atom stereocenters. The van der Waals surface area contributed by atoms with Crippen molar-refractivity contribution in [3.05, 3.63) is 65.2 Å². The van der Waals surface area contributed by atoms with Crippen LogP contribution in [0.15, 0.2) is 42.7 Å². The molecule has 0 radical (unpaired) electrons. The summed E-state index contributed by atoms with van der Waals surface area (Å²) in [6.07, 6.45) is 4.69. The van der Waals surface area contributed by atoms with Crippen LogP contribution in [-0.4, -0.2) is 11.5 Å². The number of halogens is 1. The molecule has 3 heteroatoms. The summed E-state index contributed by atoms with van der Waals surface area (Å²) in [5, 5.41) is 3.41. The third-order valence-electron chi connectivity index (χ3n) is 3.18. The van der Waals surface area contributed by atoms with Crippen molar-refractivity contribution in [1.29, 1.82) is 0 Å². The Hall–Kier alpha value is -1.74. The minimum Gasteiger partial charge on any atom is -0.306 e. The zero-order valence-corrected chi connectivity index (χ0v) is 9.36. The first kappa shape index (κ1) is 10.4. The van der Waals surface area contributed by atoms with Crippen LogP contribution in [0.4, 0.5) is 4.39 Å². The first-order valence-corrected chi connectivity index (χ1v) is 5.76. The number of aromatic nitrogens is 1. The van der Waals surface area contributed by atoms with E-state index >= 15 is 0 Å². The van der Waals surface area contributed by atoms with Gasteiger partial charge >= 0.3 is 0 Å². The van der Waals surface area contributed by atoms with E-state index in [1.807, 2.05) is 24.5 Å². The molecule has 0 fully saturated rings. The van der Waals surface area contributed by atoms with Crippen LogP contribution in [0.1, 0.15) is 22.7 Å². The SMILES string of the molecule is Fc1cccc(C2NCCc3ccncc32)c1. The predicted molar refractivity (Wildman–Crippen MR) is 64.2 cm³/mol. The Morgan fingerprint density at radius 3 is 3.12 bits per heavy atom. The summed E-state index contributed by atoms with van der Waals surface area (Å²) in [5.41, 5.74) is 3.41. The quantitative estimate of drug-likeness (QED) is 0.811. The molecule has 1 unspecified atom stereocenters. The molecule has 3 rings (SSSR count). The second-order valence-corrected chi connectivity index (χ2v) is 4.27. The minimum absolute atomic E-state index is 0.0585. The van der Waals surface area contributed by atoms with Crippen molar-refractivity contribution in [2.24, 2.45) is 0 Å². The fourth-order valence-electron chi connectivity index (χ4n) is 2.37. The molecule has 2 heterocycles. The Bertz CT molecular complexity index is 539. The van der Waals surface area contributed by atoms with Gasteiger partial charge in [-0.3, -0.25) is 4.98 Å². The molecular formula is C14H13FN2. The van der Waals surface area contributed by atoms with Gasteiger partial charge in [0.15, 0.2) is 0 Å². The molecule has 1 aliphatic rings. The summed E-state index contributed by atoms with van der Waals surface area (Å²) < 4.78 is 13.3. The van der Waals surface area contributed by atoms with Crippen molar-refractivity contribution in [2.75, 3.05) is 6.54 Å². The topological polar surface area (TPSA) is 24.9 Å². The molecule has 17 heavy (non-hydrogen) atoms. The highest BCUT2D eigenvalue weighted by Gasteiger charge is 2.21. The molecule has 0 spiro atoms. The van der Waals surface area contributed by atoms with E-state index < -0.39 is 0 Å². The van der Waals surface area contributed by atoms with E-state index in [-0.39, 0.29) is 11.9 Å². The van der Waals surface area contributed by atoms with Gasteiger partial charge in [-0.25, -0.2) is 4.39 Å². The number of hydrogen-bond donors (Lipinski definition) is 1. The first-order valence-electron chi connectivity index (χ1n) is 5.76. The van der Waals surface area contributed by atoms with Gasteiger partial charge in [-0.1, -0.05) is 12.1 Å². The van der Waals surface area contributed by atoms with Crippen LogP contribution in [-0.2, 0) is 6.42 Å². The van der Waals surface area contributed by atoms with E-state index in [0.29, 0.717) is 0 Å². The number of nitrogens with zero attached hydrogens (tertiary/aromatic N) is 1. The molecule has 1 aromatic heterocycles. The Morgan fingerprint density at radius 1 is 1.29 bits per heavy atom.